The molecule has 0 spiro atoms. The third-order valence-electron chi connectivity index (χ3n) is 4.42. The molecule has 0 atom stereocenters. The molecule has 1 N–H and O–H groups in total. The number of anilines is 1. The number of nitrogens with zero attached hydrogens (tertiary/aromatic N) is 4. The third kappa shape index (κ3) is 4.81. The van der Waals surface area contributed by atoms with Crippen LogP contribution in [0.5, 0.6) is 0 Å². The molecule has 7 heteroatoms. The van der Waals surface area contributed by atoms with E-state index < -0.39 is 0 Å². The van der Waals surface area contributed by atoms with Gasteiger partial charge in [0, 0.05) is 44.4 Å². The van der Waals surface area contributed by atoms with Crippen molar-refractivity contribution in [2.45, 2.75) is 13.8 Å². The Balaban J connectivity index is 1.87. The lowest BCUT2D eigenvalue weighted by Crippen LogP contribution is -2.48. The maximum absolute atomic E-state index is 13.0. The summed E-state index contributed by atoms with van der Waals surface area (Å²) in [5, 5.41) is 3.29. The molecule has 1 saturated heterocycles. The normalized spacial score (nSPS) is 14.3. The fourth-order valence-corrected chi connectivity index (χ4v) is 2.86. The van der Waals surface area contributed by atoms with E-state index >= 15 is 0 Å². The van der Waals surface area contributed by atoms with Crippen molar-refractivity contribution in [2.75, 3.05) is 38.0 Å². The van der Waals surface area contributed by atoms with Crippen molar-refractivity contribution in [1.82, 2.24) is 19.8 Å². The van der Waals surface area contributed by atoms with Gasteiger partial charge in [-0.3, -0.25) is 9.59 Å². The smallest absolute Gasteiger partial charge is 0.272 e. The van der Waals surface area contributed by atoms with E-state index in [0.29, 0.717) is 49.4 Å². The van der Waals surface area contributed by atoms with Crippen LogP contribution in [0.2, 0.25) is 0 Å². The predicted molar refractivity (Wildman–Crippen MR) is 104 cm³/mol. The van der Waals surface area contributed by atoms with E-state index in [1.807, 2.05) is 30.3 Å². The maximum atomic E-state index is 13.0. The van der Waals surface area contributed by atoms with Gasteiger partial charge in [-0.25, -0.2) is 9.97 Å². The molecule has 1 fully saturated rings. The Kier molecular flexibility index (Phi) is 6.01. The van der Waals surface area contributed by atoms with E-state index in [1.165, 1.54) is 0 Å². The number of rotatable bonds is 6. The van der Waals surface area contributed by atoms with E-state index in [9.17, 15) is 9.59 Å². The molecule has 142 valence electrons. The topological polar surface area (TPSA) is 78.4 Å². The quantitative estimate of drug-likeness (QED) is 0.792. The van der Waals surface area contributed by atoms with E-state index in [0.717, 1.165) is 18.5 Å². The van der Waals surface area contributed by atoms with E-state index in [2.05, 4.69) is 29.1 Å². The first kappa shape index (κ1) is 18.8. The number of benzene rings is 1. The monoisotopic (exact) mass is 367 g/mol. The van der Waals surface area contributed by atoms with Crippen molar-refractivity contribution < 1.29 is 9.59 Å². The number of piperazine rings is 1. The fraction of sp³-hybridized carbons (Fsp3) is 0.400. The molecule has 3 rings (SSSR count). The van der Waals surface area contributed by atoms with Gasteiger partial charge in [0.25, 0.3) is 5.91 Å². The summed E-state index contributed by atoms with van der Waals surface area (Å²) in [6, 6.07) is 11.4. The Morgan fingerprint density at radius 1 is 1.15 bits per heavy atom. The Morgan fingerprint density at radius 2 is 1.85 bits per heavy atom. The van der Waals surface area contributed by atoms with E-state index in [1.54, 1.807) is 15.9 Å². The van der Waals surface area contributed by atoms with Crippen molar-refractivity contribution in [3.05, 3.63) is 42.1 Å². The van der Waals surface area contributed by atoms with Gasteiger partial charge in [-0.05, 0) is 5.92 Å². The van der Waals surface area contributed by atoms with Crippen molar-refractivity contribution in [2.24, 2.45) is 5.92 Å². The van der Waals surface area contributed by atoms with E-state index in [4.69, 9.17) is 0 Å². The van der Waals surface area contributed by atoms with Gasteiger partial charge in [-0.15, -0.1) is 0 Å². The van der Waals surface area contributed by atoms with Crippen molar-refractivity contribution >= 4 is 18.1 Å². The molecule has 7 nitrogen and oxygen atoms in total. The number of amides is 2. The molecule has 1 aromatic carbocycles. The number of aromatic nitrogens is 2. The highest BCUT2D eigenvalue weighted by Crippen LogP contribution is 2.19. The lowest BCUT2D eigenvalue weighted by Gasteiger charge is -2.32. The minimum Gasteiger partial charge on any atom is -0.370 e. The van der Waals surface area contributed by atoms with Crippen LogP contribution in [0.4, 0.5) is 5.82 Å². The van der Waals surface area contributed by atoms with Crippen LogP contribution >= 0.6 is 0 Å². The summed E-state index contributed by atoms with van der Waals surface area (Å²) in [6.07, 6.45) is 0.827. The first-order valence-electron chi connectivity index (χ1n) is 9.24. The minimum absolute atomic E-state index is 0.132. The maximum Gasteiger partial charge on any atom is 0.272 e. The minimum atomic E-state index is -0.132. The number of carbonyl (C=O) groups excluding carboxylic acids is 2. The second-order valence-electron chi connectivity index (χ2n) is 7.04. The zero-order valence-corrected chi connectivity index (χ0v) is 15.8. The second kappa shape index (κ2) is 8.62. The van der Waals surface area contributed by atoms with Gasteiger partial charge in [0.2, 0.25) is 6.41 Å². The van der Waals surface area contributed by atoms with Crippen LogP contribution in [-0.2, 0) is 4.79 Å². The molecule has 1 aromatic heterocycles. The van der Waals surface area contributed by atoms with Crippen molar-refractivity contribution in [3.63, 3.8) is 0 Å². The third-order valence-corrected chi connectivity index (χ3v) is 4.42. The summed E-state index contributed by atoms with van der Waals surface area (Å²) < 4.78 is 0. The Labute approximate surface area is 159 Å². The van der Waals surface area contributed by atoms with Crippen LogP contribution in [0.25, 0.3) is 11.4 Å². The van der Waals surface area contributed by atoms with E-state index in [-0.39, 0.29) is 5.91 Å². The molecule has 1 aliphatic heterocycles. The van der Waals surface area contributed by atoms with Gasteiger partial charge in [0.1, 0.15) is 11.5 Å². The Morgan fingerprint density at radius 3 is 2.48 bits per heavy atom. The second-order valence-corrected chi connectivity index (χ2v) is 7.04. The van der Waals surface area contributed by atoms with Crippen molar-refractivity contribution in [3.8, 4) is 11.4 Å². The molecule has 2 aromatic rings. The molecule has 0 bridgehead atoms. The number of hydrogen-bond acceptors (Lipinski definition) is 5. The largest absolute Gasteiger partial charge is 0.370 e. The molecule has 0 radical (unpaired) electrons. The molecule has 2 amide bonds. The van der Waals surface area contributed by atoms with Gasteiger partial charge in [0.15, 0.2) is 5.82 Å². The zero-order chi connectivity index (χ0) is 19.2. The van der Waals surface area contributed by atoms with Gasteiger partial charge < -0.3 is 15.1 Å². The highest BCUT2D eigenvalue weighted by molar-refractivity contribution is 5.93. The molecule has 0 saturated carbocycles. The number of carbonyl (C=O) groups is 2. The highest BCUT2D eigenvalue weighted by Gasteiger charge is 2.23. The van der Waals surface area contributed by atoms with Crippen LogP contribution in [0.3, 0.4) is 0 Å². The molecular formula is C20H25N5O2. The standard InChI is InChI=1S/C20H25N5O2/c1-15(2)13-21-18-12-17(20(27)25-10-8-24(14-26)9-11-25)22-19(23-18)16-6-4-3-5-7-16/h3-7,12,14-15H,8-11,13H2,1-2H3,(H,21,22,23). The molecule has 0 aliphatic carbocycles. The lowest BCUT2D eigenvalue weighted by atomic mass is 10.2. The average molecular weight is 367 g/mol. The Bertz CT molecular complexity index is 786. The first-order valence-corrected chi connectivity index (χ1v) is 9.24. The lowest BCUT2D eigenvalue weighted by molar-refractivity contribution is -0.119. The van der Waals surface area contributed by atoms with Gasteiger partial charge in [-0.2, -0.15) is 0 Å². The molecule has 1 aliphatic rings. The van der Waals surface area contributed by atoms with Gasteiger partial charge >= 0.3 is 0 Å². The summed E-state index contributed by atoms with van der Waals surface area (Å²) in [7, 11) is 0. The van der Waals surface area contributed by atoms with Gasteiger partial charge in [-0.1, -0.05) is 44.2 Å². The molecule has 27 heavy (non-hydrogen) atoms. The van der Waals surface area contributed by atoms with Crippen LogP contribution in [0.1, 0.15) is 24.3 Å². The van der Waals surface area contributed by atoms with Crippen molar-refractivity contribution in [1.29, 1.82) is 0 Å². The van der Waals surface area contributed by atoms with Crippen LogP contribution in [0.15, 0.2) is 36.4 Å². The number of nitrogens with one attached hydrogen (secondary N) is 1. The van der Waals surface area contributed by atoms with Crippen LogP contribution in [-0.4, -0.2) is 64.8 Å². The van der Waals surface area contributed by atoms with Gasteiger partial charge in [0.05, 0.1) is 0 Å². The van der Waals surface area contributed by atoms with Crippen LogP contribution < -0.4 is 5.32 Å². The first-order chi connectivity index (χ1) is 13.1. The summed E-state index contributed by atoms with van der Waals surface area (Å²) >= 11 is 0. The molecular weight excluding hydrogens is 342 g/mol. The zero-order valence-electron chi connectivity index (χ0n) is 15.8. The van der Waals surface area contributed by atoms with Crippen LogP contribution in [0, 0.1) is 5.92 Å². The summed E-state index contributed by atoms with van der Waals surface area (Å²) in [4.78, 5) is 36.4. The number of hydrogen-bond donors (Lipinski definition) is 1. The SMILES string of the molecule is CC(C)CNc1cc(C(=O)N2CCN(C=O)CC2)nc(-c2ccccc2)n1. The predicted octanol–water partition coefficient (Wildman–Crippen LogP) is 2.13. The molecule has 2 heterocycles. The highest BCUT2D eigenvalue weighted by atomic mass is 16.2. The fourth-order valence-electron chi connectivity index (χ4n) is 2.86. The average Bonchev–Trinajstić information content (AvgIpc) is 2.72. The summed E-state index contributed by atoms with van der Waals surface area (Å²) in [5.74, 6) is 1.50. The summed E-state index contributed by atoms with van der Waals surface area (Å²) in [5.41, 5.74) is 1.24. The Hall–Kier alpha value is -2.96. The molecule has 0 unspecified atom stereocenters. The summed E-state index contributed by atoms with van der Waals surface area (Å²) in [6.45, 7) is 7.11.